The number of aryl methyl sites for hydroxylation is 1. The molecule has 0 aliphatic heterocycles. The lowest BCUT2D eigenvalue weighted by atomic mass is 9.95. The van der Waals surface area contributed by atoms with Crippen molar-refractivity contribution in [1.29, 1.82) is 0 Å². The van der Waals surface area contributed by atoms with E-state index in [1.54, 1.807) is 6.20 Å². The van der Waals surface area contributed by atoms with Gasteiger partial charge >= 0.3 is 0 Å². The Balaban J connectivity index is 2.74. The Morgan fingerprint density at radius 2 is 2.31 bits per heavy atom. The minimum Gasteiger partial charge on any atom is -0.394 e. The lowest BCUT2D eigenvalue weighted by Gasteiger charge is -2.21. The molecule has 13 heavy (non-hydrogen) atoms. The molecule has 0 aromatic carbocycles. The molecule has 0 saturated carbocycles. The fraction of sp³-hybridized carbons (Fsp3) is 0.500. The fourth-order valence-electron chi connectivity index (χ4n) is 1.24. The molecule has 3 N–H and O–H groups in total. The number of nitrogens with zero attached hydrogens (tertiary/aromatic N) is 1. The van der Waals surface area contributed by atoms with Crippen LogP contribution in [0.1, 0.15) is 18.2 Å². The van der Waals surface area contributed by atoms with Gasteiger partial charge in [0, 0.05) is 17.4 Å². The van der Waals surface area contributed by atoms with E-state index in [1.807, 2.05) is 26.0 Å². The van der Waals surface area contributed by atoms with E-state index in [9.17, 15) is 0 Å². The van der Waals surface area contributed by atoms with Gasteiger partial charge in [0.1, 0.15) is 0 Å². The predicted octanol–water partition coefficient (Wildman–Crippen LogP) is 0.642. The quantitative estimate of drug-likeness (QED) is 0.717. The number of hydrogen-bond donors (Lipinski definition) is 2. The van der Waals surface area contributed by atoms with Crippen LogP contribution in [0.25, 0.3) is 0 Å². The van der Waals surface area contributed by atoms with Crippen molar-refractivity contribution in [3.63, 3.8) is 0 Å². The first kappa shape index (κ1) is 10.2. The van der Waals surface area contributed by atoms with Crippen molar-refractivity contribution in [3.05, 3.63) is 29.6 Å². The van der Waals surface area contributed by atoms with Crippen LogP contribution in [0.4, 0.5) is 0 Å². The normalized spacial score (nSPS) is 15.4. The first-order valence-electron chi connectivity index (χ1n) is 4.35. The number of aliphatic hydroxyl groups is 1. The van der Waals surface area contributed by atoms with Crippen molar-refractivity contribution in [1.82, 2.24) is 4.98 Å². The molecular formula is C10H16N2O. The van der Waals surface area contributed by atoms with E-state index in [0.717, 1.165) is 11.3 Å². The van der Waals surface area contributed by atoms with E-state index in [-0.39, 0.29) is 6.61 Å². The van der Waals surface area contributed by atoms with Gasteiger partial charge in [-0.2, -0.15) is 0 Å². The molecule has 0 bridgehead atoms. The van der Waals surface area contributed by atoms with E-state index in [0.29, 0.717) is 6.42 Å². The fourth-order valence-corrected chi connectivity index (χ4v) is 1.24. The van der Waals surface area contributed by atoms with Gasteiger partial charge in [-0.1, -0.05) is 0 Å². The minimum absolute atomic E-state index is 0.00558. The molecule has 0 spiro atoms. The summed E-state index contributed by atoms with van der Waals surface area (Å²) >= 11 is 0. The zero-order valence-electron chi connectivity index (χ0n) is 8.12. The molecule has 1 unspecified atom stereocenters. The molecule has 0 amide bonds. The van der Waals surface area contributed by atoms with Crippen molar-refractivity contribution in [2.75, 3.05) is 6.61 Å². The molecule has 1 atom stereocenters. The average molecular weight is 180 g/mol. The summed E-state index contributed by atoms with van der Waals surface area (Å²) in [7, 11) is 0. The van der Waals surface area contributed by atoms with E-state index in [2.05, 4.69) is 4.98 Å². The summed E-state index contributed by atoms with van der Waals surface area (Å²) in [6, 6.07) is 3.91. The Morgan fingerprint density at radius 1 is 1.62 bits per heavy atom. The first-order valence-corrected chi connectivity index (χ1v) is 4.35. The second-order valence-electron chi connectivity index (χ2n) is 3.79. The van der Waals surface area contributed by atoms with Gasteiger partial charge in [-0.3, -0.25) is 4.98 Å². The summed E-state index contributed by atoms with van der Waals surface area (Å²) in [5, 5.41) is 8.98. The molecule has 1 aromatic heterocycles. The summed E-state index contributed by atoms with van der Waals surface area (Å²) in [5.41, 5.74) is 7.39. The van der Waals surface area contributed by atoms with Crippen LogP contribution in [0, 0.1) is 6.92 Å². The Bertz CT molecular complexity index is 284. The lowest BCUT2D eigenvalue weighted by molar-refractivity contribution is 0.208. The van der Waals surface area contributed by atoms with Gasteiger partial charge in [-0.25, -0.2) is 0 Å². The van der Waals surface area contributed by atoms with Gasteiger partial charge in [0.25, 0.3) is 0 Å². The molecular weight excluding hydrogens is 164 g/mol. The highest BCUT2D eigenvalue weighted by atomic mass is 16.3. The van der Waals surface area contributed by atoms with E-state index >= 15 is 0 Å². The smallest absolute Gasteiger partial charge is 0.0611 e. The van der Waals surface area contributed by atoms with Crippen molar-refractivity contribution in [2.45, 2.75) is 25.8 Å². The van der Waals surface area contributed by atoms with Crippen molar-refractivity contribution < 1.29 is 5.11 Å². The molecule has 0 radical (unpaired) electrons. The van der Waals surface area contributed by atoms with Crippen LogP contribution in [0.3, 0.4) is 0 Å². The second kappa shape index (κ2) is 3.85. The molecule has 3 nitrogen and oxygen atoms in total. The predicted molar refractivity (Wildman–Crippen MR) is 52.4 cm³/mol. The van der Waals surface area contributed by atoms with Gasteiger partial charge in [0.05, 0.1) is 6.61 Å². The maximum atomic E-state index is 8.98. The highest BCUT2D eigenvalue weighted by Gasteiger charge is 2.17. The molecule has 3 heteroatoms. The Morgan fingerprint density at radius 3 is 2.85 bits per heavy atom. The highest BCUT2D eigenvalue weighted by Crippen LogP contribution is 2.10. The van der Waals surface area contributed by atoms with Crippen LogP contribution < -0.4 is 5.73 Å². The molecule has 1 aromatic rings. The summed E-state index contributed by atoms with van der Waals surface area (Å²) in [6.07, 6.45) is 2.44. The second-order valence-corrected chi connectivity index (χ2v) is 3.79. The number of aromatic nitrogens is 1. The first-order chi connectivity index (χ1) is 6.03. The molecule has 0 aliphatic carbocycles. The molecule has 0 fully saturated rings. The summed E-state index contributed by atoms with van der Waals surface area (Å²) in [6.45, 7) is 3.77. The van der Waals surface area contributed by atoms with E-state index in [4.69, 9.17) is 10.8 Å². The van der Waals surface area contributed by atoms with Crippen LogP contribution in [0.15, 0.2) is 18.3 Å². The number of pyridine rings is 1. The SMILES string of the molecule is Cc1cc(CC(C)(N)CO)ccn1. The number of aliphatic hydroxyl groups excluding tert-OH is 1. The summed E-state index contributed by atoms with van der Waals surface area (Å²) in [5.74, 6) is 0. The molecule has 72 valence electrons. The number of hydrogen-bond acceptors (Lipinski definition) is 3. The monoisotopic (exact) mass is 180 g/mol. The van der Waals surface area contributed by atoms with Gasteiger partial charge in [-0.05, 0) is 38.0 Å². The molecule has 0 aliphatic rings. The highest BCUT2D eigenvalue weighted by molar-refractivity contribution is 5.17. The maximum absolute atomic E-state index is 8.98. The van der Waals surface area contributed by atoms with Crippen LogP contribution in [0.5, 0.6) is 0 Å². The third-order valence-electron chi connectivity index (χ3n) is 1.93. The third kappa shape index (κ3) is 3.13. The average Bonchev–Trinajstić information content (AvgIpc) is 2.03. The Kier molecular flexibility index (Phi) is 3.01. The Labute approximate surface area is 78.6 Å². The molecule has 1 heterocycles. The topological polar surface area (TPSA) is 59.1 Å². The Hall–Kier alpha value is -0.930. The third-order valence-corrected chi connectivity index (χ3v) is 1.93. The van der Waals surface area contributed by atoms with E-state index in [1.165, 1.54) is 0 Å². The van der Waals surface area contributed by atoms with Crippen molar-refractivity contribution in [3.8, 4) is 0 Å². The van der Waals surface area contributed by atoms with Crippen LogP contribution >= 0.6 is 0 Å². The van der Waals surface area contributed by atoms with Gasteiger partial charge in [0.2, 0.25) is 0 Å². The standard InChI is InChI=1S/C10H16N2O/c1-8-5-9(3-4-12-8)6-10(2,11)7-13/h3-5,13H,6-7,11H2,1-2H3. The number of rotatable bonds is 3. The van der Waals surface area contributed by atoms with Gasteiger partial charge in [-0.15, -0.1) is 0 Å². The van der Waals surface area contributed by atoms with Crippen LogP contribution in [-0.4, -0.2) is 22.2 Å². The summed E-state index contributed by atoms with van der Waals surface area (Å²) in [4.78, 5) is 4.09. The summed E-state index contributed by atoms with van der Waals surface area (Å²) < 4.78 is 0. The van der Waals surface area contributed by atoms with Gasteiger partial charge in [0.15, 0.2) is 0 Å². The molecule has 0 saturated heterocycles. The van der Waals surface area contributed by atoms with E-state index < -0.39 is 5.54 Å². The zero-order chi connectivity index (χ0) is 9.90. The van der Waals surface area contributed by atoms with Crippen LogP contribution in [0.2, 0.25) is 0 Å². The van der Waals surface area contributed by atoms with Crippen molar-refractivity contribution in [2.24, 2.45) is 5.73 Å². The lowest BCUT2D eigenvalue weighted by Crippen LogP contribution is -2.42. The number of nitrogens with two attached hydrogens (primary N) is 1. The zero-order valence-corrected chi connectivity index (χ0v) is 8.12. The van der Waals surface area contributed by atoms with Crippen molar-refractivity contribution >= 4 is 0 Å². The minimum atomic E-state index is -0.534. The van der Waals surface area contributed by atoms with Crippen LogP contribution in [-0.2, 0) is 6.42 Å². The molecule has 1 rings (SSSR count). The largest absolute Gasteiger partial charge is 0.394 e. The van der Waals surface area contributed by atoms with Gasteiger partial charge < -0.3 is 10.8 Å². The maximum Gasteiger partial charge on any atom is 0.0611 e.